The molecule has 4 N–H and O–H groups in total. The molecule has 6 nitrogen and oxygen atoms in total. The maximum absolute atomic E-state index is 14.7. The van der Waals surface area contributed by atoms with Crippen molar-refractivity contribution < 1.29 is 14.3 Å². The Bertz CT molecular complexity index is 1400. The standard InChI is InChI=1S/C27H26ClFN4O2/c1-4-21(25-20(29)10-12-23(33-25)26(30)34)32-24-18-13-16(7-11-22(18)31-14-19(24)28)15-5-8-17(9-6-15)27(2,3)35/h5-14,21,35H,4H2,1-3H3,(H2,30,34)(H,31,32). The van der Waals surface area contributed by atoms with Gasteiger partial charge in [-0.25, -0.2) is 9.37 Å². The molecule has 1 atom stereocenters. The molecule has 35 heavy (non-hydrogen) atoms. The Kier molecular flexibility index (Phi) is 6.74. The zero-order chi connectivity index (χ0) is 25.3. The van der Waals surface area contributed by atoms with Crippen molar-refractivity contribution in [2.24, 2.45) is 5.73 Å². The Balaban J connectivity index is 1.77. The SMILES string of the molecule is CCC(Nc1c(Cl)cnc2ccc(-c3ccc(C(C)(C)O)cc3)cc12)c1nc(C(N)=O)ccc1F. The first kappa shape index (κ1) is 24.6. The summed E-state index contributed by atoms with van der Waals surface area (Å²) in [6.45, 7) is 5.36. The van der Waals surface area contributed by atoms with Gasteiger partial charge in [-0.05, 0) is 61.2 Å². The number of carbonyl (C=O) groups is 1. The highest BCUT2D eigenvalue weighted by Crippen LogP contribution is 2.36. The molecule has 0 aliphatic heterocycles. The van der Waals surface area contributed by atoms with E-state index >= 15 is 0 Å². The number of rotatable bonds is 7. The maximum atomic E-state index is 14.7. The van der Waals surface area contributed by atoms with Gasteiger partial charge < -0.3 is 16.2 Å². The number of carbonyl (C=O) groups excluding carboxylic acids is 1. The van der Waals surface area contributed by atoms with Crippen LogP contribution in [-0.4, -0.2) is 21.0 Å². The molecule has 180 valence electrons. The van der Waals surface area contributed by atoms with Crippen molar-refractivity contribution in [1.82, 2.24) is 9.97 Å². The first-order valence-corrected chi connectivity index (χ1v) is 11.6. The number of amides is 1. The first-order chi connectivity index (χ1) is 16.6. The summed E-state index contributed by atoms with van der Waals surface area (Å²) in [5, 5.41) is 14.7. The predicted octanol–water partition coefficient (Wildman–Crippen LogP) is 5.98. The van der Waals surface area contributed by atoms with Crippen molar-refractivity contribution in [1.29, 1.82) is 0 Å². The van der Waals surface area contributed by atoms with Gasteiger partial charge in [0.15, 0.2) is 0 Å². The van der Waals surface area contributed by atoms with Crippen LogP contribution in [0.3, 0.4) is 0 Å². The topological polar surface area (TPSA) is 101 Å². The van der Waals surface area contributed by atoms with Crippen LogP contribution in [0.25, 0.3) is 22.0 Å². The molecule has 0 saturated carbocycles. The van der Waals surface area contributed by atoms with Crippen LogP contribution in [0.4, 0.5) is 10.1 Å². The molecule has 0 radical (unpaired) electrons. The number of fused-ring (bicyclic) bond motifs is 1. The highest BCUT2D eigenvalue weighted by molar-refractivity contribution is 6.34. The van der Waals surface area contributed by atoms with Crippen LogP contribution in [0.1, 0.15) is 55.0 Å². The van der Waals surface area contributed by atoms with Crippen molar-refractivity contribution in [2.75, 3.05) is 5.32 Å². The number of benzene rings is 2. The lowest BCUT2D eigenvalue weighted by Gasteiger charge is -2.21. The van der Waals surface area contributed by atoms with Crippen LogP contribution < -0.4 is 11.1 Å². The summed E-state index contributed by atoms with van der Waals surface area (Å²) >= 11 is 6.54. The van der Waals surface area contributed by atoms with Gasteiger partial charge in [-0.3, -0.25) is 9.78 Å². The fraction of sp³-hybridized carbons (Fsp3) is 0.222. The van der Waals surface area contributed by atoms with Crippen LogP contribution in [-0.2, 0) is 5.60 Å². The van der Waals surface area contributed by atoms with Crippen LogP contribution in [0.5, 0.6) is 0 Å². The van der Waals surface area contributed by atoms with Crippen LogP contribution in [0.15, 0.2) is 60.8 Å². The summed E-state index contributed by atoms with van der Waals surface area (Å²) < 4.78 is 14.7. The lowest BCUT2D eigenvalue weighted by atomic mass is 9.95. The minimum absolute atomic E-state index is 0.0101. The molecule has 0 saturated heterocycles. The molecule has 0 spiro atoms. The molecule has 2 heterocycles. The van der Waals surface area contributed by atoms with Crippen molar-refractivity contribution >= 4 is 34.1 Å². The number of hydrogen-bond acceptors (Lipinski definition) is 5. The number of halogens is 2. The van der Waals surface area contributed by atoms with E-state index in [4.69, 9.17) is 17.3 Å². The van der Waals surface area contributed by atoms with E-state index in [9.17, 15) is 14.3 Å². The van der Waals surface area contributed by atoms with Crippen LogP contribution in [0.2, 0.25) is 5.02 Å². The molecule has 0 aliphatic carbocycles. The quantitative estimate of drug-likeness (QED) is 0.294. The van der Waals surface area contributed by atoms with Crippen LogP contribution >= 0.6 is 11.6 Å². The summed E-state index contributed by atoms with van der Waals surface area (Å²) in [4.78, 5) is 20.2. The number of aliphatic hydroxyl groups is 1. The molecule has 1 unspecified atom stereocenters. The van der Waals surface area contributed by atoms with Gasteiger partial charge in [0, 0.05) is 11.6 Å². The van der Waals surface area contributed by atoms with Gasteiger partial charge in [0.25, 0.3) is 5.91 Å². The van der Waals surface area contributed by atoms with Crippen molar-refractivity contribution in [2.45, 2.75) is 38.8 Å². The van der Waals surface area contributed by atoms with Gasteiger partial charge in [0.2, 0.25) is 0 Å². The zero-order valence-electron chi connectivity index (χ0n) is 19.6. The average Bonchev–Trinajstić information content (AvgIpc) is 2.83. The summed E-state index contributed by atoms with van der Waals surface area (Å²) in [6, 6.07) is 15.4. The number of nitrogens with one attached hydrogen (secondary N) is 1. The van der Waals surface area contributed by atoms with E-state index in [1.165, 1.54) is 12.1 Å². The Labute approximate surface area is 208 Å². The monoisotopic (exact) mass is 492 g/mol. The molecular weight excluding hydrogens is 467 g/mol. The lowest BCUT2D eigenvalue weighted by Crippen LogP contribution is -2.19. The van der Waals surface area contributed by atoms with E-state index in [-0.39, 0.29) is 11.4 Å². The number of aromatic nitrogens is 2. The van der Waals surface area contributed by atoms with E-state index in [0.717, 1.165) is 22.1 Å². The van der Waals surface area contributed by atoms with Crippen molar-refractivity contribution in [3.05, 3.63) is 88.6 Å². The van der Waals surface area contributed by atoms with E-state index in [1.807, 2.05) is 49.4 Å². The Hall–Kier alpha value is -3.55. The van der Waals surface area contributed by atoms with Gasteiger partial charge in [-0.15, -0.1) is 0 Å². The largest absolute Gasteiger partial charge is 0.386 e. The van der Waals surface area contributed by atoms with Gasteiger partial charge in [0.1, 0.15) is 11.5 Å². The average molecular weight is 493 g/mol. The first-order valence-electron chi connectivity index (χ1n) is 11.2. The number of hydrogen-bond donors (Lipinski definition) is 3. The molecule has 1 amide bonds. The summed E-state index contributed by atoms with van der Waals surface area (Å²) in [6.07, 6.45) is 2.02. The minimum Gasteiger partial charge on any atom is -0.386 e. The number of primary amides is 1. The number of pyridine rings is 2. The van der Waals surface area contributed by atoms with Gasteiger partial charge >= 0.3 is 0 Å². The minimum atomic E-state index is -0.930. The second kappa shape index (κ2) is 9.60. The molecule has 0 bridgehead atoms. The third-order valence-electron chi connectivity index (χ3n) is 5.93. The smallest absolute Gasteiger partial charge is 0.267 e. The molecule has 4 rings (SSSR count). The highest BCUT2D eigenvalue weighted by atomic mass is 35.5. The lowest BCUT2D eigenvalue weighted by molar-refractivity contribution is 0.0786. The third-order valence-corrected chi connectivity index (χ3v) is 6.22. The molecule has 2 aromatic heterocycles. The zero-order valence-corrected chi connectivity index (χ0v) is 20.4. The Morgan fingerprint density at radius 1 is 1.14 bits per heavy atom. The summed E-state index contributed by atoms with van der Waals surface area (Å²) in [7, 11) is 0. The number of nitrogens with zero attached hydrogens (tertiary/aromatic N) is 2. The second-order valence-corrected chi connectivity index (χ2v) is 9.29. The van der Waals surface area contributed by atoms with Crippen LogP contribution in [0, 0.1) is 5.82 Å². The normalized spacial score (nSPS) is 12.5. The Morgan fingerprint density at radius 3 is 2.46 bits per heavy atom. The summed E-state index contributed by atoms with van der Waals surface area (Å²) in [5.74, 6) is -1.27. The molecule has 8 heteroatoms. The summed E-state index contributed by atoms with van der Waals surface area (Å²) in [5.41, 5.74) is 8.49. The molecule has 4 aromatic rings. The number of anilines is 1. The van der Waals surface area contributed by atoms with Gasteiger partial charge in [-0.2, -0.15) is 0 Å². The fourth-order valence-corrected chi connectivity index (χ4v) is 4.15. The maximum Gasteiger partial charge on any atom is 0.267 e. The van der Waals surface area contributed by atoms with Crippen molar-refractivity contribution in [3.8, 4) is 11.1 Å². The van der Waals surface area contributed by atoms with E-state index in [2.05, 4.69) is 15.3 Å². The Morgan fingerprint density at radius 2 is 1.83 bits per heavy atom. The fourth-order valence-electron chi connectivity index (χ4n) is 3.94. The van der Waals surface area contributed by atoms with Gasteiger partial charge in [0.05, 0.1) is 33.6 Å². The van der Waals surface area contributed by atoms with Crippen molar-refractivity contribution in [3.63, 3.8) is 0 Å². The van der Waals surface area contributed by atoms with E-state index < -0.39 is 23.4 Å². The third kappa shape index (κ3) is 5.11. The molecular formula is C27H26ClFN4O2. The highest BCUT2D eigenvalue weighted by Gasteiger charge is 2.21. The number of nitrogens with two attached hydrogens (primary N) is 1. The second-order valence-electron chi connectivity index (χ2n) is 8.88. The van der Waals surface area contributed by atoms with Gasteiger partial charge in [-0.1, -0.05) is 48.9 Å². The van der Waals surface area contributed by atoms with E-state index in [0.29, 0.717) is 22.6 Å². The molecule has 2 aromatic carbocycles. The molecule has 0 aliphatic rings. The predicted molar refractivity (Wildman–Crippen MR) is 137 cm³/mol. The molecule has 0 fully saturated rings. The van der Waals surface area contributed by atoms with E-state index in [1.54, 1.807) is 20.0 Å².